The summed E-state index contributed by atoms with van der Waals surface area (Å²) in [5, 5.41) is 11.7. The largest absolute Gasteiger partial charge is 0.334 e. The maximum absolute atomic E-state index is 12.9. The average molecular weight is 365 g/mol. The number of benzene rings is 2. The maximum atomic E-state index is 12.9. The van der Waals surface area contributed by atoms with Crippen LogP contribution in [0.1, 0.15) is 29.3 Å². The van der Waals surface area contributed by atoms with Gasteiger partial charge in [0.15, 0.2) is 0 Å². The van der Waals surface area contributed by atoms with E-state index in [4.69, 9.17) is 0 Å². The lowest BCUT2D eigenvalue weighted by atomic mass is 10.1. The number of nitrogens with one attached hydrogen (secondary N) is 1. The van der Waals surface area contributed by atoms with E-state index >= 15 is 0 Å². The van der Waals surface area contributed by atoms with E-state index in [0.29, 0.717) is 12.1 Å². The van der Waals surface area contributed by atoms with E-state index in [0.717, 1.165) is 22.9 Å². The summed E-state index contributed by atoms with van der Waals surface area (Å²) < 4.78 is 0. The van der Waals surface area contributed by atoms with E-state index < -0.39 is 4.92 Å². The van der Waals surface area contributed by atoms with Gasteiger partial charge in [0.25, 0.3) is 11.6 Å². The number of aromatic nitrogens is 1. The number of nitro benzene ring substituents is 1. The van der Waals surface area contributed by atoms with Crippen LogP contribution >= 0.6 is 0 Å². The Bertz CT molecular complexity index is 1040. The lowest BCUT2D eigenvalue weighted by Gasteiger charge is -2.23. The third kappa shape index (κ3) is 4.03. The summed E-state index contributed by atoms with van der Waals surface area (Å²) in [7, 11) is 0. The molecular formula is C20H19N3O4. The molecule has 0 unspecified atom stereocenters. The van der Waals surface area contributed by atoms with Crippen molar-refractivity contribution in [1.82, 2.24) is 9.88 Å². The fourth-order valence-electron chi connectivity index (χ4n) is 3.04. The van der Waals surface area contributed by atoms with Crippen molar-refractivity contribution in [2.24, 2.45) is 0 Å². The Balaban J connectivity index is 1.93. The van der Waals surface area contributed by atoms with Crippen LogP contribution in [0.2, 0.25) is 0 Å². The number of rotatable bonds is 6. The van der Waals surface area contributed by atoms with E-state index in [2.05, 4.69) is 4.98 Å². The molecule has 0 fully saturated rings. The summed E-state index contributed by atoms with van der Waals surface area (Å²) in [6, 6.07) is 14.5. The van der Waals surface area contributed by atoms with Crippen molar-refractivity contribution in [2.45, 2.75) is 19.9 Å². The van der Waals surface area contributed by atoms with Crippen LogP contribution < -0.4 is 5.56 Å². The minimum atomic E-state index is -0.500. The van der Waals surface area contributed by atoms with Crippen LogP contribution in [0, 0.1) is 10.1 Å². The minimum Gasteiger partial charge on any atom is -0.334 e. The number of fused-ring (bicyclic) bond motifs is 1. The number of H-pyrrole nitrogens is 1. The molecule has 7 nitrogen and oxygen atoms in total. The van der Waals surface area contributed by atoms with Crippen LogP contribution in [0.3, 0.4) is 0 Å². The molecule has 0 bridgehead atoms. The number of pyridine rings is 1. The van der Waals surface area contributed by atoms with Crippen LogP contribution in [0.4, 0.5) is 5.69 Å². The zero-order valence-electron chi connectivity index (χ0n) is 14.8. The predicted octanol–water partition coefficient (Wildman–Crippen LogP) is 3.49. The molecule has 0 radical (unpaired) electrons. The summed E-state index contributed by atoms with van der Waals surface area (Å²) in [5.74, 6) is -0.226. The average Bonchev–Trinajstić information content (AvgIpc) is 2.67. The molecule has 0 spiro atoms. The first-order valence-corrected chi connectivity index (χ1v) is 8.64. The Hall–Kier alpha value is -3.48. The Labute approximate surface area is 155 Å². The summed E-state index contributed by atoms with van der Waals surface area (Å²) in [6.07, 6.45) is 0.750. The molecule has 2 aromatic carbocycles. The van der Waals surface area contributed by atoms with Crippen molar-refractivity contribution in [3.8, 4) is 0 Å². The van der Waals surface area contributed by atoms with E-state index in [9.17, 15) is 19.7 Å². The molecule has 0 saturated carbocycles. The molecule has 3 aromatic rings. The van der Waals surface area contributed by atoms with Gasteiger partial charge in [-0.25, -0.2) is 0 Å². The zero-order valence-corrected chi connectivity index (χ0v) is 14.8. The first-order chi connectivity index (χ1) is 13.0. The summed E-state index contributed by atoms with van der Waals surface area (Å²) in [6.45, 7) is 2.76. The van der Waals surface area contributed by atoms with E-state index in [1.54, 1.807) is 4.90 Å². The van der Waals surface area contributed by atoms with Gasteiger partial charge in [0.2, 0.25) is 5.56 Å². The molecule has 7 heteroatoms. The van der Waals surface area contributed by atoms with Gasteiger partial charge in [-0.15, -0.1) is 0 Å². The lowest BCUT2D eigenvalue weighted by Crippen LogP contribution is -2.31. The van der Waals surface area contributed by atoms with Crippen molar-refractivity contribution in [3.63, 3.8) is 0 Å². The van der Waals surface area contributed by atoms with Crippen LogP contribution in [0.15, 0.2) is 59.4 Å². The second-order valence-electron chi connectivity index (χ2n) is 6.24. The topological polar surface area (TPSA) is 96.3 Å². The van der Waals surface area contributed by atoms with Crippen molar-refractivity contribution >= 4 is 22.5 Å². The van der Waals surface area contributed by atoms with Gasteiger partial charge < -0.3 is 9.88 Å². The second-order valence-corrected chi connectivity index (χ2v) is 6.24. The second kappa shape index (κ2) is 7.82. The van der Waals surface area contributed by atoms with Crippen molar-refractivity contribution < 1.29 is 9.72 Å². The highest BCUT2D eigenvalue weighted by molar-refractivity contribution is 5.94. The van der Waals surface area contributed by atoms with Gasteiger partial charge >= 0.3 is 0 Å². The number of aromatic amines is 1. The van der Waals surface area contributed by atoms with Crippen LogP contribution in [0.5, 0.6) is 0 Å². The normalized spacial score (nSPS) is 10.7. The molecule has 0 aliphatic heterocycles. The molecular weight excluding hydrogens is 346 g/mol. The van der Waals surface area contributed by atoms with Crippen LogP contribution in [-0.4, -0.2) is 27.3 Å². The Morgan fingerprint density at radius 2 is 1.85 bits per heavy atom. The Morgan fingerprint density at radius 1 is 1.15 bits per heavy atom. The Kier molecular flexibility index (Phi) is 5.30. The highest BCUT2D eigenvalue weighted by Gasteiger charge is 2.18. The standard InChI is InChI=1S/C20H19N3O4/c1-2-11-22(20(25)14-7-9-16(10-8-14)23(26)27)13-15-12-19(24)21-18-6-4-3-5-17(15)18/h3-10,12H,2,11,13H2,1H3,(H,21,24). The van der Waals surface area contributed by atoms with Crippen LogP contribution in [0.25, 0.3) is 10.9 Å². The zero-order chi connectivity index (χ0) is 19.4. The number of carbonyl (C=O) groups is 1. The van der Waals surface area contributed by atoms with Gasteiger partial charge in [0, 0.05) is 47.8 Å². The first kappa shape index (κ1) is 18.3. The molecule has 0 atom stereocenters. The fraction of sp³-hybridized carbons (Fsp3) is 0.200. The van der Waals surface area contributed by atoms with Crippen molar-refractivity contribution in [3.05, 3.63) is 86.2 Å². The van der Waals surface area contributed by atoms with Crippen molar-refractivity contribution in [1.29, 1.82) is 0 Å². The first-order valence-electron chi connectivity index (χ1n) is 8.64. The number of hydrogen-bond donors (Lipinski definition) is 1. The predicted molar refractivity (Wildman–Crippen MR) is 103 cm³/mol. The smallest absolute Gasteiger partial charge is 0.269 e. The molecule has 1 aromatic heterocycles. The molecule has 3 rings (SSSR count). The van der Waals surface area contributed by atoms with Gasteiger partial charge in [-0.3, -0.25) is 19.7 Å². The minimum absolute atomic E-state index is 0.0609. The number of nitro groups is 1. The summed E-state index contributed by atoms with van der Waals surface area (Å²) >= 11 is 0. The van der Waals surface area contributed by atoms with Crippen LogP contribution in [-0.2, 0) is 6.54 Å². The van der Waals surface area contributed by atoms with Gasteiger partial charge in [-0.2, -0.15) is 0 Å². The van der Waals surface area contributed by atoms with E-state index in [-0.39, 0.29) is 23.7 Å². The Morgan fingerprint density at radius 3 is 2.52 bits per heavy atom. The van der Waals surface area contributed by atoms with E-state index in [1.165, 1.54) is 30.3 Å². The third-order valence-electron chi connectivity index (χ3n) is 4.30. The number of para-hydroxylation sites is 1. The molecule has 1 N–H and O–H groups in total. The number of carbonyl (C=O) groups excluding carboxylic acids is 1. The number of non-ortho nitro benzene ring substituents is 1. The molecule has 0 saturated heterocycles. The number of nitrogens with zero attached hydrogens (tertiary/aromatic N) is 2. The van der Waals surface area contributed by atoms with Gasteiger partial charge in [0.05, 0.1) is 4.92 Å². The summed E-state index contributed by atoms with van der Waals surface area (Å²) in [5.41, 5.74) is 1.58. The molecule has 0 aliphatic rings. The molecule has 138 valence electrons. The molecule has 1 heterocycles. The van der Waals surface area contributed by atoms with Gasteiger partial charge in [0.1, 0.15) is 0 Å². The van der Waals surface area contributed by atoms with Gasteiger partial charge in [-0.05, 0) is 30.2 Å². The number of hydrogen-bond acceptors (Lipinski definition) is 4. The maximum Gasteiger partial charge on any atom is 0.269 e. The summed E-state index contributed by atoms with van der Waals surface area (Å²) in [4.78, 5) is 39.6. The highest BCUT2D eigenvalue weighted by atomic mass is 16.6. The fourth-order valence-corrected chi connectivity index (χ4v) is 3.04. The number of amides is 1. The third-order valence-corrected chi connectivity index (χ3v) is 4.30. The monoisotopic (exact) mass is 365 g/mol. The molecule has 1 amide bonds. The SMILES string of the molecule is CCCN(Cc1cc(=O)[nH]c2ccccc12)C(=O)c1ccc([N+](=O)[O-])cc1. The quantitative estimate of drug-likeness (QED) is 0.534. The molecule has 0 aliphatic carbocycles. The highest BCUT2D eigenvalue weighted by Crippen LogP contribution is 2.19. The molecule has 27 heavy (non-hydrogen) atoms. The van der Waals surface area contributed by atoms with E-state index in [1.807, 2.05) is 31.2 Å². The lowest BCUT2D eigenvalue weighted by molar-refractivity contribution is -0.384. The van der Waals surface area contributed by atoms with Crippen molar-refractivity contribution in [2.75, 3.05) is 6.54 Å². The van der Waals surface area contributed by atoms with Gasteiger partial charge in [-0.1, -0.05) is 25.1 Å².